The molecule has 0 radical (unpaired) electrons. The first-order valence-electron chi connectivity index (χ1n) is 19.4. The largest absolute Gasteiger partial charge is 1.00 e. The van der Waals surface area contributed by atoms with E-state index in [0.29, 0.717) is 44.5 Å². The van der Waals surface area contributed by atoms with Crippen LogP contribution in [0.5, 0.6) is 23.0 Å². The van der Waals surface area contributed by atoms with E-state index in [1.165, 1.54) is 5.39 Å². The van der Waals surface area contributed by atoms with Gasteiger partial charge in [-0.05, 0) is 95.5 Å². The molecular weight excluding hydrogens is 874 g/mol. The molecule has 332 valence electrons. The second kappa shape index (κ2) is 32.6. The molecule has 3 fully saturated rings. The van der Waals surface area contributed by atoms with Crippen LogP contribution in [-0.2, 0) is 62.4 Å². The number of ether oxygens (including phenoxy) is 5. The molecule has 0 aliphatic carbocycles. The standard InChI is InChI=1S/C25H28O4.C19H20O2.C3H5ClO.CH2O3.2CH4.2K.H/c1-4-7-17-12-23-20(22(9-6-3)25(17)29-16-19-14-27-19)10-11-24(21(23)8-5-2)28-15-18-13-26-18;1-4-7-13-12-17-14(16(9-6-3)19(13)21)10-11-18(20)15(17)8-5-2;4-1-3-2-5-3;2-1-4-3;;;;;/h4-6,10-12,18-19H,1-3,7-9,13-16H2;4-6,10-12,20-21H,1-3,7-9H2;3H,1-2H2;1,3H;2*1H4;;;/q;;;;;;2*+1;-1/p-1. The molecule has 3 aliphatic heterocycles. The average molecular weight is 938 g/mol. The fourth-order valence-corrected chi connectivity index (χ4v) is 6.64. The van der Waals surface area contributed by atoms with Gasteiger partial charge in [0.15, 0.2) is 0 Å². The molecule has 0 bridgehead atoms. The van der Waals surface area contributed by atoms with Gasteiger partial charge >= 0.3 is 103 Å². The molecule has 13 heteroatoms. The van der Waals surface area contributed by atoms with E-state index >= 15 is 0 Å². The first kappa shape index (κ1) is 60.9. The SMILES string of the molecule is C.C.C=CCc1cc2c(CC=C)c(O)ccc2c(CC=C)c1O.C=CCc1cc2c(CC=C)c(OCC3CO3)ccc2c(CC=C)c1OCC1CO1.ClCC1CO1.O=CO[O-].[H-].[K+].[K+]. The topological polar surface area (TPSA) is 146 Å². The van der Waals surface area contributed by atoms with Crippen LogP contribution in [-0.4, -0.2) is 73.9 Å². The molecule has 3 atom stereocenters. The molecule has 0 aromatic heterocycles. The fourth-order valence-electron chi connectivity index (χ4n) is 6.46. The van der Waals surface area contributed by atoms with Gasteiger partial charge < -0.3 is 45.5 Å². The van der Waals surface area contributed by atoms with E-state index in [2.05, 4.69) is 62.6 Å². The van der Waals surface area contributed by atoms with Crippen molar-refractivity contribution in [1.82, 2.24) is 0 Å². The van der Waals surface area contributed by atoms with Crippen molar-refractivity contribution >= 4 is 39.6 Å². The minimum atomic E-state index is -0.181. The van der Waals surface area contributed by atoms with Crippen molar-refractivity contribution in [3.8, 4) is 23.0 Å². The smallest absolute Gasteiger partial charge is 1.00 e. The zero-order valence-electron chi connectivity index (χ0n) is 36.5. The molecule has 4 aromatic rings. The normalized spacial score (nSPS) is 15.6. The predicted octanol–water partition coefficient (Wildman–Crippen LogP) is 3.47. The number of halogens is 1. The monoisotopic (exact) mass is 936 g/mol. The van der Waals surface area contributed by atoms with Crippen LogP contribution in [0.3, 0.4) is 0 Å². The third kappa shape index (κ3) is 18.6. The van der Waals surface area contributed by atoms with Crippen LogP contribution < -0.4 is 118 Å². The summed E-state index contributed by atoms with van der Waals surface area (Å²) in [6.07, 6.45) is 15.8. The Bertz CT molecular complexity index is 2120. The maximum atomic E-state index is 10.5. The van der Waals surface area contributed by atoms with Crippen LogP contribution in [0.4, 0.5) is 0 Å². The Morgan fingerprint density at radius 1 is 0.635 bits per heavy atom. The van der Waals surface area contributed by atoms with Gasteiger partial charge in [-0.2, -0.15) is 0 Å². The first-order valence-corrected chi connectivity index (χ1v) is 19.9. The molecule has 4 aromatic carbocycles. The molecule has 2 N–H and O–H groups in total. The van der Waals surface area contributed by atoms with Crippen molar-refractivity contribution in [3.05, 3.63) is 146 Å². The van der Waals surface area contributed by atoms with Gasteiger partial charge in [0.25, 0.3) is 6.47 Å². The van der Waals surface area contributed by atoms with E-state index < -0.39 is 0 Å². The Morgan fingerprint density at radius 2 is 1.06 bits per heavy atom. The molecule has 3 unspecified atom stereocenters. The van der Waals surface area contributed by atoms with Gasteiger partial charge in [-0.3, -0.25) is 4.79 Å². The second-order valence-corrected chi connectivity index (χ2v) is 14.1. The van der Waals surface area contributed by atoms with E-state index in [9.17, 15) is 10.2 Å². The Morgan fingerprint density at radius 3 is 1.56 bits per heavy atom. The Kier molecular flexibility index (Phi) is 31.5. The summed E-state index contributed by atoms with van der Waals surface area (Å²) in [7, 11) is 0. The Hall–Kier alpha value is -2.09. The number of hydrogen-bond acceptors (Lipinski definition) is 10. The molecule has 0 spiro atoms. The average Bonchev–Trinajstić information content (AvgIpc) is 4.09. The van der Waals surface area contributed by atoms with Gasteiger partial charge in [-0.25, -0.2) is 0 Å². The molecule has 63 heavy (non-hydrogen) atoms. The third-order valence-corrected chi connectivity index (χ3v) is 9.81. The molecule has 0 saturated carbocycles. The van der Waals surface area contributed by atoms with Crippen LogP contribution in [0.15, 0.2) is 112 Å². The van der Waals surface area contributed by atoms with Crippen molar-refractivity contribution in [3.63, 3.8) is 0 Å². The van der Waals surface area contributed by atoms with E-state index in [0.717, 1.165) is 100 Å². The number of allylic oxidation sites excluding steroid dienone is 6. The summed E-state index contributed by atoms with van der Waals surface area (Å²) >= 11 is 5.27. The van der Waals surface area contributed by atoms with Crippen molar-refractivity contribution in [2.45, 2.75) is 71.7 Å². The summed E-state index contributed by atoms with van der Waals surface area (Å²) in [6, 6.07) is 11.8. The molecular formula is C50H63ClK2O10. The van der Waals surface area contributed by atoms with Gasteiger partial charge in [0.05, 0.1) is 31.8 Å². The summed E-state index contributed by atoms with van der Waals surface area (Å²) in [6.45, 7) is 26.5. The maximum Gasteiger partial charge on any atom is 1.00 e. The van der Waals surface area contributed by atoms with Crippen LogP contribution >= 0.6 is 11.6 Å². The number of aromatic hydroxyl groups is 2. The van der Waals surface area contributed by atoms with Crippen LogP contribution in [0.25, 0.3) is 21.5 Å². The molecule has 7 rings (SSSR count). The number of phenolic OH excluding ortho intramolecular Hbond substituents is 2. The summed E-state index contributed by atoms with van der Waals surface area (Å²) in [5.74, 6) is 3.03. The van der Waals surface area contributed by atoms with Crippen molar-refractivity contribution < 1.29 is 153 Å². The van der Waals surface area contributed by atoms with E-state index in [1.807, 2.05) is 30.4 Å². The number of carbonyl (C=O) groups is 1. The van der Waals surface area contributed by atoms with E-state index in [-0.39, 0.29) is 149 Å². The third-order valence-electron chi connectivity index (χ3n) is 9.47. The summed E-state index contributed by atoms with van der Waals surface area (Å²) in [5.41, 5.74) is 5.90. The first-order chi connectivity index (χ1) is 28.7. The molecule has 3 heterocycles. The van der Waals surface area contributed by atoms with Crippen LogP contribution in [0.2, 0.25) is 0 Å². The summed E-state index contributed by atoms with van der Waals surface area (Å²) in [4.78, 5) is 11.2. The van der Waals surface area contributed by atoms with Crippen molar-refractivity contribution in [2.24, 2.45) is 0 Å². The fraction of sp³-hybridized carbons (Fsp3) is 0.340. The zero-order chi connectivity index (χ0) is 42.7. The quantitative estimate of drug-likeness (QED) is 0.0257. The minimum absolute atomic E-state index is 0. The number of rotatable bonds is 20. The minimum Gasteiger partial charge on any atom is -1.00 e. The number of alkyl halides is 1. The Labute approximate surface area is 465 Å². The van der Waals surface area contributed by atoms with Gasteiger partial charge in [0.1, 0.15) is 48.4 Å². The summed E-state index contributed by atoms with van der Waals surface area (Å²) < 4.78 is 27.7. The van der Waals surface area contributed by atoms with E-state index in [4.69, 9.17) is 45.3 Å². The molecule has 0 amide bonds. The van der Waals surface area contributed by atoms with E-state index in [1.54, 1.807) is 24.3 Å². The van der Waals surface area contributed by atoms with Gasteiger partial charge in [-0.1, -0.05) is 63.4 Å². The molecule has 10 nitrogen and oxygen atoms in total. The van der Waals surface area contributed by atoms with Crippen molar-refractivity contribution in [1.29, 1.82) is 0 Å². The number of carbonyl (C=O) groups excluding carboxylic acids is 1. The van der Waals surface area contributed by atoms with Crippen LogP contribution in [0.1, 0.15) is 49.7 Å². The summed E-state index contributed by atoms with van der Waals surface area (Å²) in [5, 5.41) is 33.2. The number of fused-ring (bicyclic) bond motifs is 2. The molecule has 3 aliphatic rings. The second-order valence-electron chi connectivity index (χ2n) is 13.8. The predicted molar refractivity (Wildman–Crippen MR) is 247 cm³/mol. The number of hydrogen-bond donors (Lipinski definition) is 2. The van der Waals surface area contributed by atoms with Gasteiger partial charge in [-0.15, -0.1) is 51.1 Å². The van der Waals surface area contributed by atoms with Crippen molar-refractivity contribution in [2.75, 3.05) is 38.9 Å². The number of epoxide rings is 3. The number of phenols is 2. The maximum absolute atomic E-state index is 10.5. The van der Waals surface area contributed by atoms with Crippen LogP contribution in [0, 0.1) is 0 Å². The zero-order valence-corrected chi connectivity index (χ0v) is 42.5. The molecule has 3 saturated heterocycles. The van der Waals surface area contributed by atoms with Gasteiger partial charge in [0, 0.05) is 22.3 Å². The van der Waals surface area contributed by atoms with Gasteiger partial charge in [0.2, 0.25) is 0 Å². The number of benzene rings is 4. The Balaban J connectivity index is 0.